The number of hydrogen-bond acceptors (Lipinski definition) is 4. The zero-order chi connectivity index (χ0) is 15.1. The molecule has 1 aromatic rings. The molecule has 1 N–H and O–H groups in total. The minimum absolute atomic E-state index is 0.760. The molecule has 0 bridgehead atoms. The van der Waals surface area contributed by atoms with E-state index >= 15 is 0 Å². The molecule has 120 valence electrons. The van der Waals surface area contributed by atoms with E-state index in [-0.39, 0.29) is 0 Å². The molecule has 0 spiro atoms. The lowest BCUT2D eigenvalue weighted by Crippen LogP contribution is -2.36. The third-order valence-corrected chi connectivity index (χ3v) is 4.61. The normalized spacial score (nSPS) is 22.9. The molecule has 1 aliphatic rings. The molecule has 2 rings (SSSR count). The third kappa shape index (κ3) is 5.40. The summed E-state index contributed by atoms with van der Waals surface area (Å²) in [5.74, 6) is 0.920. The molecule has 1 aromatic heterocycles. The van der Waals surface area contributed by atoms with Crippen LogP contribution in [0.25, 0.3) is 0 Å². The highest BCUT2D eigenvalue weighted by atomic mass is 15.4. The molecule has 1 saturated carbocycles. The van der Waals surface area contributed by atoms with Crippen molar-refractivity contribution in [1.29, 1.82) is 0 Å². The molecule has 0 radical (unpaired) electrons. The van der Waals surface area contributed by atoms with E-state index in [4.69, 9.17) is 0 Å². The molecule has 1 heterocycles. The van der Waals surface area contributed by atoms with Crippen LogP contribution in [0.5, 0.6) is 0 Å². The van der Waals surface area contributed by atoms with Crippen LogP contribution in [0.15, 0.2) is 6.20 Å². The summed E-state index contributed by atoms with van der Waals surface area (Å²) in [6, 6.07) is 0.760. The van der Waals surface area contributed by atoms with Crippen molar-refractivity contribution in [2.24, 2.45) is 5.92 Å². The van der Waals surface area contributed by atoms with Gasteiger partial charge in [-0.1, -0.05) is 19.1 Å². The van der Waals surface area contributed by atoms with E-state index in [1.165, 1.54) is 25.7 Å². The number of nitrogens with zero attached hydrogens (tertiary/aromatic N) is 4. The maximum Gasteiger partial charge on any atom is 0.0964 e. The molecule has 0 amide bonds. The van der Waals surface area contributed by atoms with Crippen molar-refractivity contribution >= 4 is 0 Å². The van der Waals surface area contributed by atoms with Crippen molar-refractivity contribution in [1.82, 2.24) is 25.2 Å². The van der Waals surface area contributed by atoms with Gasteiger partial charge in [0.25, 0.3) is 0 Å². The van der Waals surface area contributed by atoms with Gasteiger partial charge in [0.05, 0.1) is 12.2 Å². The fourth-order valence-electron chi connectivity index (χ4n) is 3.05. The Balaban J connectivity index is 1.70. The predicted octanol–water partition coefficient (Wildman–Crippen LogP) is 2.29. The van der Waals surface area contributed by atoms with E-state index in [1.54, 1.807) is 0 Å². The van der Waals surface area contributed by atoms with Crippen LogP contribution in [-0.4, -0.2) is 46.1 Å². The minimum Gasteiger partial charge on any atom is -0.311 e. The van der Waals surface area contributed by atoms with Crippen LogP contribution in [0.3, 0.4) is 0 Å². The van der Waals surface area contributed by atoms with Crippen LogP contribution in [0, 0.1) is 5.92 Å². The lowest BCUT2D eigenvalue weighted by molar-refractivity contribution is 0.163. The van der Waals surface area contributed by atoms with Gasteiger partial charge in [-0.2, -0.15) is 0 Å². The Labute approximate surface area is 129 Å². The molecule has 1 fully saturated rings. The number of aromatic nitrogens is 3. The second-order valence-corrected chi connectivity index (χ2v) is 6.54. The summed E-state index contributed by atoms with van der Waals surface area (Å²) < 4.78 is 1.98. The van der Waals surface area contributed by atoms with Crippen molar-refractivity contribution in [2.75, 3.05) is 20.1 Å². The number of hydrogen-bond donors (Lipinski definition) is 1. The average Bonchev–Trinajstić information content (AvgIpc) is 2.94. The summed E-state index contributed by atoms with van der Waals surface area (Å²) in [5.41, 5.74) is 1.04. The molecule has 0 aliphatic heterocycles. The molecule has 0 saturated heterocycles. The van der Waals surface area contributed by atoms with Crippen molar-refractivity contribution in [3.63, 3.8) is 0 Å². The first-order valence-electron chi connectivity index (χ1n) is 8.49. The molecule has 1 aliphatic carbocycles. The second kappa shape index (κ2) is 8.49. The van der Waals surface area contributed by atoms with E-state index in [1.807, 2.05) is 4.68 Å². The van der Waals surface area contributed by atoms with E-state index in [0.29, 0.717) is 0 Å². The van der Waals surface area contributed by atoms with Crippen LogP contribution in [0.4, 0.5) is 0 Å². The highest BCUT2D eigenvalue weighted by Gasteiger charge is 2.21. The average molecular weight is 293 g/mol. The zero-order valence-corrected chi connectivity index (χ0v) is 13.9. The first-order valence-corrected chi connectivity index (χ1v) is 8.49. The van der Waals surface area contributed by atoms with Gasteiger partial charge in [-0.15, -0.1) is 5.10 Å². The largest absolute Gasteiger partial charge is 0.311 e. The second-order valence-electron chi connectivity index (χ2n) is 6.54. The zero-order valence-electron chi connectivity index (χ0n) is 13.9. The van der Waals surface area contributed by atoms with E-state index < -0.39 is 0 Å². The van der Waals surface area contributed by atoms with Gasteiger partial charge in [-0.05, 0) is 51.6 Å². The number of rotatable bonds is 8. The lowest BCUT2D eigenvalue weighted by Gasteiger charge is -2.33. The Kier molecular flexibility index (Phi) is 6.64. The fourth-order valence-corrected chi connectivity index (χ4v) is 3.05. The summed E-state index contributed by atoms with van der Waals surface area (Å²) in [4.78, 5) is 2.50. The third-order valence-electron chi connectivity index (χ3n) is 4.61. The molecule has 5 heteroatoms. The monoisotopic (exact) mass is 293 g/mol. The maximum absolute atomic E-state index is 4.22. The first kappa shape index (κ1) is 16.4. The number of nitrogens with one attached hydrogen (secondary N) is 1. The Hall–Kier alpha value is -0.940. The SMILES string of the molecule is CCCNCc1cn(CCN(C)C2CCC(C)CC2)nn1. The van der Waals surface area contributed by atoms with E-state index in [0.717, 1.165) is 50.3 Å². The van der Waals surface area contributed by atoms with Crippen LogP contribution in [0.2, 0.25) is 0 Å². The van der Waals surface area contributed by atoms with Crippen molar-refractivity contribution < 1.29 is 0 Å². The number of likely N-dealkylation sites (N-methyl/N-ethyl adjacent to an activating group) is 1. The predicted molar refractivity (Wildman–Crippen MR) is 86.1 cm³/mol. The summed E-state index contributed by atoms with van der Waals surface area (Å²) in [6.07, 6.45) is 8.68. The van der Waals surface area contributed by atoms with Crippen LogP contribution in [-0.2, 0) is 13.1 Å². The fraction of sp³-hybridized carbons (Fsp3) is 0.875. The van der Waals surface area contributed by atoms with Gasteiger partial charge in [0.2, 0.25) is 0 Å². The highest BCUT2D eigenvalue weighted by Crippen LogP contribution is 2.26. The highest BCUT2D eigenvalue weighted by molar-refractivity contribution is 4.91. The quantitative estimate of drug-likeness (QED) is 0.747. The first-order chi connectivity index (χ1) is 10.2. The lowest BCUT2D eigenvalue weighted by atomic mass is 9.87. The van der Waals surface area contributed by atoms with Crippen LogP contribution < -0.4 is 5.32 Å². The minimum atomic E-state index is 0.760. The molecule has 0 unspecified atom stereocenters. The molecular formula is C16H31N5. The summed E-state index contributed by atoms with van der Waals surface area (Å²) in [5, 5.41) is 11.8. The van der Waals surface area contributed by atoms with Gasteiger partial charge < -0.3 is 10.2 Å². The topological polar surface area (TPSA) is 46.0 Å². The smallest absolute Gasteiger partial charge is 0.0964 e. The molecular weight excluding hydrogens is 262 g/mol. The van der Waals surface area contributed by atoms with Gasteiger partial charge in [0, 0.05) is 25.3 Å². The van der Waals surface area contributed by atoms with E-state index in [9.17, 15) is 0 Å². The maximum atomic E-state index is 4.22. The molecule has 21 heavy (non-hydrogen) atoms. The van der Waals surface area contributed by atoms with Gasteiger partial charge in [0.15, 0.2) is 0 Å². The Morgan fingerprint density at radius 2 is 2.10 bits per heavy atom. The summed E-state index contributed by atoms with van der Waals surface area (Å²) in [6.45, 7) is 8.40. The van der Waals surface area contributed by atoms with Gasteiger partial charge in [0.1, 0.15) is 0 Å². The standard InChI is InChI=1S/C16H31N5/c1-4-9-17-12-15-13-21(19-18-15)11-10-20(3)16-7-5-14(2)6-8-16/h13-14,16-17H,4-12H2,1-3H3. The Bertz CT molecular complexity index is 395. The van der Waals surface area contributed by atoms with Gasteiger partial charge in [-0.25, -0.2) is 0 Å². The molecule has 0 atom stereocenters. The van der Waals surface area contributed by atoms with Crippen molar-refractivity contribution in [3.8, 4) is 0 Å². The van der Waals surface area contributed by atoms with Crippen molar-refractivity contribution in [3.05, 3.63) is 11.9 Å². The molecule has 5 nitrogen and oxygen atoms in total. The Morgan fingerprint density at radius 1 is 1.33 bits per heavy atom. The van der Waals surface area contributed by atoms with Gasteiger partial charge in [-0.3, -0.25) is 4.68 Å². The Morgan fingerprint density at radius 3 is 2.81 bits per heavy atom. The van der Waals surface area contributed by atoms with Gasteiger partial charge >= 0.3 is 0 Å². The molecule has 0 aromatic carbocycles. The van der Waals surface area contributed by atoms with Crippen molar-refractivity contribution in [2.45, 2.75) is 65.1 Å². The van der Waals surface area contributed by atoms with Crippen LogP contribution in [0.1, 0.15) is 51.6 Å². The van der Waals surface area contributed by atoms with E-state index in [2.05, 4.69) is 47.6 Å². The summed E-state index contributed by atoms with van der Waals surface area (Å²) >= 11 is 0. The van der Waals surface area contributed by atoms with Crippen LogP contribution >= 0.6 is 0 Å². The summed E-state index contributed by atoms with van der Waals surface area (Å²) in [7, 11) is 2.25.